The molecule has 4 N–H and O–H groups in total. The van der Waals surface area contributed by atoms with E-state index in [4.69, 9.17) is 5.73 Å². The quantitative estimate of drug-likeness (QED) is 0.747. The van der Waals surface area contributed by atoms with E-state index >= 15 is 0 Å². The number of benzene rings is 1. The molecule has 0 aliphatic carbocycles. The van der Waals surface area contributed by atoms with Crippen molar-refractivity contribution in [2.75, 3.05) is 19.6 Å². The molecule has 2 rings (SSSR count). The smallest absolute Gasteiger partial charge is 0.254 e. The largest absolute Gasteiger partial charge is 0.508 e. The van der Waals surface area contributed by atoms with Gasteiger partial charge in [0.05, 0.1) is 6.54 Å². The molecule has 1 aliphatic heterocycles. The van der Waals surface area contributed by atoms with Crippen LogP contribution in [-0.2, 0) is 4.79 Å². The van der Waals surface area contributed by atoms with Crippen LogP contribution in [-0.4, -0.2) is 47.5 Å². The maximum atomic E-state index is 12.7. The molecule has 0 aromatic heterocycles. The van der Waals surface area contributed by atoms with Crippen LogP contribution in [0.3, 0.4) is 0 Å². The third-order valence-electron chi connectivity index (χ3n) is 3.78. The van der Waals surface area contributed by atoms with Gasteiger partial charge in [-0.2, -0.15) is 0 Å². The number of nitrogens with zero attached hydrogens (tertiary/aromatic N) is 1. The molecule has 0 spiro atoms. The third-order valence-corrected chi connectivity index (χ3v) is 3.78. The number of primary amides is 1. The van der Waals surface area contributed by atoms with Crippen molar-refractivity contribution >= 4 is 11.8 Å². The number of piperidine rings is 1. The van der Waals surface area contributed by atoms with Gasteiger partial charge in [0, 0.05) is 11.6 Å². The zero-order valence-electron chi connectivity index (χ0n) is 12.1. The molecule has 21 heavy (non-hydrogen) atoms. The third kappa shape index (κ3) is 3.72. The summed E-state index contributed by atoms with van der Waals surface area (Å²) >= 11 is 0. The number of carbonyl (C=O) groups excluding carboxylic acids is 2. The van der Waals surface area contributed by atoms with Crippen molar-refractivity contribution in [1.29, 1.82) is 0 Å². The first-order valence-corrected chi connectivity index (χ1v) is 7.08. The Bertz CT molecular complexity index is 539. The van der Waals surface area contributed by atoms with Crippen LogP contribution >= 0.6 is 0 Å². The highest BCUT2D eigenvalue weighted by molar-refractivity contribution is 5.98. The highest BCUT2D eigenvalue weighted by Gasteiger charge is 2.28. The van der Waals surface area contributed by atoms with E-state index in [0.29, 0.717) is 11.1 Å². The van der Waals surface area contributed by atoms with Crippen molar-refractivity contribution in [2.24, 2.45) is 5.73 Å². The van der Waals surface area contributed by atoms with Crippen molar-refractivity contribution < 1.29 is 14.7 Å². The molecule has 1 heterocycles. The topological polar surface area (TPSA) is 95.7 Å². The fourth-order valence-electron chi connectivity index (χ4n) is 2.70. The van der Waals surface area contributed by atoms with Crippen molar-refractivity contribution in [3.8, 4) is 5.75 Å². The van der Waals surface area contributed by atoms with Gasteiger partial charge in [-0.3, -0.25) is 9.59 Å². The number of rotatable bonds is 4. The fourth-order valence-corrected chi connectivity index (χ4v) is 2.70. The van der Waals surface area contributed by atoms with Gasteiger partial charge in [-0.1, -0.05) is 0 Å². The molecule has 1 saturated heterocycles. The normalized spacial score (nSPS) is 15.7. The molecule has 0 bridgehead atoms. The summed E-state index contributed by atoms with van der Waals surface area (Å²) < 4.78 is 0. The molecule has 1 aliphatic rings. The summed E-state index contributed by atoms with van der Waals surface area (Å²) in [7, 11) is 0. The van der Waals surface area contributed by atoms with Crippen LogP contribution in [0.25, 0.3) is 0 Å². The minimum absolute atomic E-state index is 0.0134. The fraction of sp³-hybridized carbons (Fsp3) is 0.467. The number of hydrogen-bond acceptors (Lipinski definition) is 4. The molecule has 1 aromatic carbocycles. The van der Waals surface area contributed by atoms with Gasteiger partial charge >= 0.3 is 0 Å². The van der Waals surface area contributed by atoms with Gasteiger partial charge in [-0.25, -0.2) is 0 Å². The minimum atomic E-state index is -0.515. The SMILES string of the molecule is Cc1cc(O)ccc1C(=O)N(CC(N)=O)C1CCNCC1. The van der Waals surface area contributed by atoms with Crippen molar-refractivity contribution in [3.63, 3.8) is 0 Å². The Hall–Kier alpha value is -2.08. The summed E-state index contributed by atoms with van der Waals surface area (Å²) in [5.41, 5.74) is 6.47. The number of aryl methyl sites for hydroxylation is 1. The number of nitrogens with two attached hydrogens (primary N) is 1. The minimum Gasteiger partial charge on any atom is -0.508 e. The lowest BCUT2D eigenvalue weighted by Gasteiger charge is -2.34. The van der Waals surface area contributed by atoms with E-state index in [2.05, 4.69) is 5.32 Å². The molecule has 1 fully saturated rings. The molecule has 6 nitrogen and oxygen atoms in total. The second-order valence-corrected chi connectivity index (χ2v) is 5.38. The maximum Gasteiger partial charge on any atom is 0.254 e. The van der Waals surface area contributed by atoms with Crippen LogP contribution in [0, 0.1) is 6.92 Å². The second-order valence-electron chi connectivity index (χ2n) is 5.38. The molecule has 6 heteroatoms. The number of nitrogens with one attached hydrogen (secondary N) is 1. The highest BCUT2D eigenvalue weighted by atomic mass is 16.3. The number of hydrogen-bond donors (Lipinski definition) is 3. The van der Waals surface area contributed by atoms with Crippen molar-refractivity contribution in [3.05, 3.63) is 29.3 Å². The van der Waals surface area contributed by atoms with Crippen LogP contribution in [0.1, 0.15) is 28.8 Å². The van der Waals surface area contributed by atoms with E-state index < -0.39 is 5.91 Å². The van der Waals surface area contributed by atoms with Crippen LogP contribution < -0.4 is 11.1 Å². The number of carbonyl (C=O) groups is 2. The highest BCUT2D eigenvalue weighted by Crippen LogP contribution is 2.20. The van der Waals surface area contributed by atoms with Gasteiger partial charge in [0.15, 0.2) is 0 Å². The van der Waals surface area contributed by atoms with Crippen LogP contribution in [0.2, 0.25) is 0 Å². The Kier molecular flexibility index (Phi) is 4.80. The first-order valence-electron chi connectivity index (χ1n) is 7.08. The van der Waals surface area contributed by atoms with E-state index in [1.807, 2.05) is 0 Å². The molecule has 0 radical (unpaired) electrons. The summed E-state index contributed by atoms with van der Waals surface area (Å²) in [6.07, 6.45) is 1.60. The number of aromatic hydroxyl groups is 1. The zero-order valence-corrected chi connectivity index (χ0v) is 12.1. The number of phenolic OH excluding ortho intramolecular Hbond substituents is 1. The predicted octanol–water partition coefficient (Wildman–Crippen LogP) is 0.380. The average molecular weight is 291 g/mol. The summed E-state index contributed by atoms with van der Waals surface area (Å²) in [6, 6.07) is 4.62. The second kappa shape index (κ2) is 6.58. The van der Waals surface area contributed by atoms with Crippen LogP contribution in [0.15, 0.2) is 18.2 Å². The Balaban J connectivity index is 2.26. The summed E-state index contributed by atoms with van der Waals surface area (Å²) in [6.45, 7) is 3.32. The first-order chi connectivity index (χ1) is 9.99. The molecular formula is C15H21N3O3. The Morgan fingerprint density at radius 3 is 2.62 bits per heavy atom. The van der Waals surface area contributed by atoms with Gasteiger partial charge < -0.3 is 21.1 Å². The Morgan fingerprint density at radius 1 is 1.38 bits per heavy atom. The monoisotopic (exact) mass is 291 g/mol. The predicted molar refractivity (Wildman–Crippen MR) is 79.0 cm³/mol. The van der Waals surface area contributed by atoms with E-state index in [0.717, 1.165) is 25.9 Å². The molecule has 2 amide bonds. The van der Waals surface area contributed by atoms with Crippen molar-refractivity contribution in [1.82, 2.24) is 10.2 Å². The van der Waals surface area contributed by atoms with E-state index in [-0.39, 0.29) is 24.2 Å². The van der Waals surface area contributed by atoms with Gasteiger partial charge in [-0.05, 0) is 56.6 Å². The van der Waals surface area contributed by atoms with Crippen LogP contribution in [0.5, 0.6) is 5.75 Å². The van der Waals surface area contributed by atoms with E-state index in [1.165, 1.54) is 12.1 Å². The lowest BCUT2D eigenvalue weighted by Crippen LogP contribution is -2.49. The Morgan fingerprint density at radius 2 is 2.05 bits per heavy atom. The molecule has 0 atom stereocenters. The zero-order chi connectivity index (χ0) is 15.4. The number of phenols is 1. The Labute approximate surface area is 123 Å². The summed E-state index contributed by atoms with van der Waals surface area (Å²) in [5, 5.41) is 12.7. The van der Waals surface area contributed by atoms with Crippen molar-refractivity contribution in [2.45, 2.75) is 25.8 Å². The molecule has 0 saturated carbocycles. The van der Waals surface area contributed by atoms with E-state index in [1.54, 1.807) is 17.9 Å². The lowest BCUT2D eigenvalue weighted by molar-refractivity contribution is -0.119. The van der Waals surface area contributed by atoms with Gasteiger partial charge in [0.1, 0.15) is 5.75 Å². The average Bonchev–Trinajstić information content (AvgIpc) is 2.45. The van der Waals surface area contributed by atoms with Gasteiger partial charge in [0.2, 0.25) is 5.91 Å². The maximum absolute atomic E-state index is 12.7. The lowest BCUT2D eigenvalue weighted by atomic mass is 10.0. The summed E-state index contributed by atoms with van der Waals surface area (Å²) in [5.74, 6) is -0.608. The molecular weight excluding hydrogens is 270 g/mol. The molecule has 1 aromatic rings. The molecule has 0 unspecified atom stereocenters. The van der Waals surface area contributed by atoms with Gasteiger partial charge in [0.25, 0.3) is 5.91 Å². The molecule has 114 valence electrons. The van der Waals surface area contributed by atoms with E-state index in [9.17, 15) is 14.7 Å². The van der Waals surface area contributed by atoms with Crippen LogP contribution in [0.4, 0.5) is 0 Å². The summed E-state index contributed by atoms with van der Waals surface area (Å²) in [4.78, 5) is 25.6. The standard InChI is InChI=1S/C15H21N3O3/c1-10-8-12(19)2-3-13(10)15(21)18(9-14(16)20)11-4-6-17-7-5-11/h2-3,8,11,17,19H,4-7,9H2,1H3,(H2,16,20). The first kappa shape index (κ1) is 15.3. The number of amides is 2. The van der Waals surface area contributed by atoms with Gasteiger partial charge in [-0.15, -0.1) is 0 Å².